The number of rotatable bonds is 2. The van der Waals surface area contributed by atoms with E-state index in [-0.39, 0.29) is 24.6 Å². The number of carbonyl (C=O) groups is 2. The molecule has 2 N–H and O–H groups in total. The molecule has 0 spiro atoms. The molecule has 0 bridgehead atoms. The lowest BCUT2D eigenvalue weighted by molar-refractivity contribution is -0.118. The first kappa shape index (κ1) is 16.6. The fraction of sp³-hybridized carbons (Fsp3) is 0.556. The molecule has 24 heavy (non-hydrogen) atoms. The molecule has 0 unspecified atom stereocenters. The zero-order valence-electron chi connectivity index (χ0n) is 14.3. The van der Waals surface area contributed by atoms with Crippen molar-refractivity contribution in [3.63, 3.8) is 0 Å². The van der Waals surface area contributed by atoms with E-state index < -0.39 is 0 Å². The van der Waals surface area contributed by atoms with Gasteiger partial charge in [0.1, 0.15) is 5.75 Å². The van der Waals surface area contributed by atoms with Crippen LogP contribution in [0.5, 0.6) is 5.75 Å². The second kappa shape index (κ2) is 7.11. The molecule has 3 amide bonds. The highest BCUT2D eigenvalue weighted by Crippen LogP contribution is 2.30. The average molecular weight is 331 g/mol. The lowest BCUT2D eigenvalue weighted by Crippen LogP contribution is -2.41. The number of ether oxygens (including phenoxy) is 1. The van der Waals surface area contributed by atoms with Gasteiger partial charge in [-0.1, -0.05) is 13.0 Å². The van der Waals surface area contributed by atoms with E-state index in [0.29, 0.717) is 17.4 Å². The smallest absolute Gasteiger partial charge is 0.317 e. The maximum absolute atomic E-state index is 12.5. The van der Waals surface area contributed by atoms with Gasteiger partial charge in [0, 0.05) is 13.1 Å². The predicted molar refractivity (Wildman–Crippen MR) is 92.1 cm³/mol. The van der Waals surface area contributed by atoms with Gasteiger partial charge in [0.05, 0.1) is 11.7 Å². The highest BCUT2D eigenvalue weighted by atomic mass is 16.5. The molecular weight excluding hydrogens is 306 g/mol. The summed E-state index contributed by atoms with van der Waals surface area (Å²) in [6.07, 6.45) is 3.30. The third-order valence-corrected chi connectivity index (χ3v) is 4.78. The molecule has 2 aliphatic heterocycles. The number of likely N-dealkylation sites (tertiary alicyclic amines) is 1. The van der Waals surface area contributed by atoms with Crippen LogP contribution in [0.2, 0.25) is 0 Å². The zero-order valence-corrected chi connectivity index (χ0v) is 14.3. The Labute approximate surface area is 142 Å². The first-order chi connectivity index (χ1) is 11.5. The lowest BCUT2D eigenvalue weighted by Gasteiger charge is -2.25. The molecule has 0 aromatic heterocycles. The van der Waals surface area contributed by atoms with Gasteiger partial charge < -0.3 is 20.3 Å². The number of amides is 3. The van der Waals surface area contributed by atoms with Gasteiger partial charge in [-0.15, -0.1) is 0 Å². The van der Waals surface area contributed by atoms with Gasteiger partial charge in [0.25, 0.3) is 5.91 Å². The minimum absolute atomic E-state index is 0.0189. The van der Waals surface area contributed by atoms with Crippen molar-refractivity contribution < 1.29 is 14.3 Å². The maximum atomic E-state index is 12.5. The van der Waals surface area contributed by atoms with Crippen molar-refractivity contribution in [3.8, 4) is 5.75 Å². The molecule has 1 saturated heterocycles. The SMILES string of the molecule is C[C@@H]1CCCN(C(=O)N[C@H](C)c2ccc3c(c2)NC(=O)CO3)CC1. The van der Waals surface area contributed by atoms with E-state index in [2.05, 4.69) is 17.6 Å². The molecule has 1 aromatic rings. The summed E-state index contributed by atoms with van der Waals surface area (Å²) in [5, 5.41) is 5.86. The van der Waals surface area contributed by atoms with E-state index in [1.807, 2.05) is 30.0 Å². The van der Waals surface area contributed by atoms with E-state index in [9.17, 15) is 9.59 Å². The van der Waals surface area contributed by atoms with Crippen LogP contribution < -0.4 is 15.4 Å². The standard InChI is InChI=1S/C18H25N3O3/c1-12-4-3-8-21(9-7-12)18(23)19-13(2)14-5-6-16-15(10-14)20-17(22)11-24-16/h5-6,10,12-13H,3-4,7-9,11H2,1-2H3,(H,19,23)(H,20,22)/t12-,13-/m1/s1. The van der Waals surface area contributed by atoms with Crippen LogP contribution in [0.3, 0.4) is 0 Å². The van der Waals surface area contributed by atoms with Gasteiger partial charge in [-0.25, -0.2) is 4.79 Å². The van der Waals surface area contributed by atoms with Crippen molar-refractivity contribution in [2.45, 2.75) is 39.2 Å². The Morgan fingerprint density at radius 1 is 1.38 bits per heavy atom. The van der Waals surface area contributed by atoms with E-state index in [0.717, 1.165) is 31.5 Å². The van der Waals surface area contributed by atoms with Crippen LogP contribution in [0.1, 0.15) is 44.7 Å². The summed E-state index contributed by atoms with van der Waals surface area (Å²) in [6, 6.07) is 5.46. The summed E-state index contributed by atoms with van der Waals surface area (Å²) < 4.78 is 5.36. The molecule has 1 fully saturated rings. The summed E-state index contributed by atoms with van der Waals surface area (Å²) in [4.78, 5) is 25.8. The maximum Gasteiger partial charge on any atom is 0.317 e. The van der Waals surface area contributed by atoms with Crippen molar-refractivity contribution in [1.29, 1.82) is 0 Å². The van der Waals surface area contributed by atoms with Crippen molar-refractivity contribution in [1.82, 2.24) is 10.2 Å². The molecule has 0 radical (unpaired) electrons. The van der Waals surface area contributed by atoms with Crippen molar-refractivity contribution >= 4 is 17.6 Å². The molecule has 2 heterocycles. The van der Waals surface area contributed by atoms with Crippen LogP contribution in [0, 0.1) is 5.92 Å². The van der Waals surface area contributed by atoms with Crippen molar-refractivity contribution in [2.24, 2.45) is 5.92 Å². The highest BCUT2D eigenvalue weighted by molar-refractivity contribution is 5.95. The van der Waals surface area contributed by atoms with Crippen LogP contribution in [0.25, 0.3) is 0 Å². The number of fused-ring (bicyclic) bond motifs is 1. The normalized spacial score (nSPS) is 21.8. The van der Waals surface area contributed by atoms with Gasteiger partial charge in [0.2, 0.25) is 0 Å². The molecule has 6 nitrogen and oxygen atoms in total. The van der Waals surface area contributed by atoms with E-state index >= 15 is 0 Å². The monoisotopic (exact) mass is 331 g/mol. The Morgan fingerprint density at radius 3 is 3.04 bits per heavy atom. The molecule has 130 valence electrons. The highest BCUT2D eigenvalue weighted by Gasteiger charge is 2.21. The molecule has 1 aromatic carbocycles. The van der Waals surface area contributed by atoms with Crippen LogP contribution in [0.15, 0.2) is 18.2 Å². The topological polar surface area (TPSA) is 70.7 Å². The van der Waals surface area contributed by atoms with E-state index in [1.54, 1.807) is 0 Å². The largest absolute Gasteiger partial charge is 0.482 e. The van der Waals surface area contributed by atoms with Crippen LogP contribution in [-0.4, -0.2) is 36.5 Å². The fourth-order valence-corrected chi connectivity index (χ4v) is 3.20. The Morgan fingerprint density at radius 2 is 2.21 bits per heavy atom. The molecule has 0 aliphatic carbocycles. The van der Waals surface area contributed by atoms with Gasteiger partial charge in [-0.05, 0) is 49.8 Å². The van der Waals surface area contributed by atoms with Crippen LogP contribution in [0.4, 0.5) is 10.5 Å². The second-order valence-corrected chi connectivity index (χ2v) is 6.79. The van der Waals surface area contributed by atoms with Gasteiger partial charge in [-0.3, -0.25) is 4.79 Å². The Balaban J connectivity index is 1.64. The summed E-state index contributed by atoms with van der Waals surface area (Å²) in [5.41, 5.74) is 1.60. The summed E-state index contributed by atoms with van der Waals surface area (Å²) in [7, 11) is 0. The van der Waals surface area contributed by atoms with Crippen molar-refractivity contribution in [3.05, 3.63) is 23.8 Å². The number of anilines is 1. The van der Waals surface area contributed by atoms with Gasteiger partial charge in [0.15, 0.2) is 6.61 Å². The quantitative estimate of drug-likeness (QED) is 0.875. The molecular formula is C18H25N3O3. The summed E-state index contributed by atoms with van der Waals surface area (Å²) >= 11 is 0. The van der Waals surface area contributed by atoms with Gasteiger partial charge >= 0.3 is 6.03 Å². The second-order valence-electron chi connectivity index (χ2n) is 6.79. The first-order valence-corrected chi connectivity index (χ1v) is 8.65. The van der Waals surface area contributed by atoms with E-state index in [4.69, 9.17) is 4.74 Å². The molecule has 2 atom stereocenters. The van der Waals surface area contributed by atoms with E-state index in [1.165, 1.54) is 6.42 Å². The number of nitrogens with one attached hydrogen (secondary N) is 2. The number of urea groups is 1. The minimum Gasteiger partial charge on any atom is -0.482 e. The van der Waals surface area contributed by atoms with Crippen molar-refractivity contribution in [2.75, 3.05) is 25.0 Å². The molecule has 6 heteroatoms. The Bertz CT molecular complexity index is 632. The van der Waals surface area contributed by atoms with Crippen LogP contribution >= 0.6 is 0 Å². The summed E-state index contributed by atoms with van der Waals surface area (Å²) in [5.74, 6) is 1.19. The predicted octanol–water partition coefficient (Wildman–Crippen LogP) is 2.91. The number of benzene rings is 1. The molecule has 3 rings (SSSR count). The minimum atomic E-state index is -0.157. The van der Waals surface area contributed by atoms with Gasteiger partial charge in [-0.2, -0.15) is 0 Å². The summed E-state index contributed by atoms with van der Waals surface area (Å²) in [6.45, 7) is 5.87. The third kappa shape index (κ3) is 3.80. The lowest BCUT2D eigenvalue weighted by atomic mass is 10.0. The fourth-order valence-electron chi connectivity index (χ4n) is 3.20. The number of nitrogens with zero attached hydrogens (tertiary/aromatic N) is 1. The van der Waals surface area contributed by atoms with Crippen LogP contribution in [-0.2, 0) is 4.79 Å². The third-order valence-electron chi connectivity index (χ3n) is 4.78. The first-order valence-electron chi connectivity index (χ1n) is 8.65. The average Bonchev–Trinajstić information content (AvgIpc) is 2.78. The zero-order chi connectivity index (χ0) is 17.1. The Hall–Kier alpha value is -2.24. The molecule has 0 saturated carbocycles. The number of hydrogen-bond donors (Lipinski definition) is 2. The molecule has 2 aliphatic rings. The number of carbonyl (C=O) groups excluding carboxylic acids is 2. The number of hydrogen-bond acceptors (Lipinski definition) is 3. The Kier molecular flexibility index (Phi) is 4.92.